The monoisotopic (exact) mass is 192 g/mol. The predicted octanol–water partition coefficient (Wildman–Crippen LogP) is 0.279. The molecule has 14 heavy (non-hydrogen) atoms. The third-order valence-electron chi connectivity index (χ3n) is 2.50. The van der Waals surface area contributed by atoms with Crippen LogP contribution in [0.3, 0.4) is 0 Å². The van der Waals surface area contributed by atoms with Gasteiger partial charge in [-0.25, -0.2) is 4.79 Å². The Morgan fingerprint density at radius 3 is 2.29 bits per heavy atom. The Morgan fingerprint density at radius 1 is 1.29 bits per heavy atom. The van der Waals surface area contributed by atoms with Crippen LogP contribution in [0.1, 0.15) is 27.0 Å². The first-order valence-corrected chi connectivity index (χ1v) is 4.42. The maximum absolute atomic E-state index is 10.9. The lowest BCUT2D eigenvalue weighted by molar-refractivity contribution is 0.0695. The van der Waals surface area contributed by atoms with Crippen LogP contribution >= 0.6 is 0 Å². The molecule has 0 aliphatic carbocycles. The highest BCUT2D eigenvalue weighted by molar-refractivity contribution is 6.47. The van der Waals surface area contributed by atoms with Gasteiger partial charge in [-0.3, -0.25) is 0 Å². The third-order valence-corrected chi connectivity index (χ3v) is 2.50. The van der Waals surface area contributed by atoms with Gasteiger partial charge in [-0.05, 0) is 37.4 Å². The van der Waals surface area contributed by atoms with Crippen LogP contribution in [0, 0.1) is 20.8 Å². The van der Waals surface area contributed by atoms with Crippen LogP contribution in [0.2, 0.25) is 0 Å². The molecule has 0 fully saturated rings. The molecule has 1 rings (SSSR count). The van der Waals surface area contributed by atoms with Gasteiger partial charge in [0.2, 0.25) is 0 Å². The summed E-state index contributed by atoms with van der Waals surface area (Å²) in [5, 5.41) is 18.1. The van der Waals surface area contributed by atoms with Crippen LogP contribution in [0.15, 0.2) is 6.07 Å². The highest BCUT2D eigenvalue weighted by Crippen LogP contribution is 2.14. The Balaban J connectivity index is 3.52. The first-order chi connectivity index (χ1) is 6.49. The van der Waals surface area contributed by atoms with E-state index in [1.807, 2.05) is 6.92 Å². The Hall–Kier alpha value is -1.29. The average Bonchev–Trinajstić information content (AvgIpc) is 2.02. The summed E-state index contributed by atoms with van der Waals surface area (Å²) in [4.78, 5) is 10.9. The summed E-state index contributed by atoms with van der Waals surface area (Å²) in [6.45, 7) is 5.37. The van der Waals surface area contributed by atoms with E-state index in [1.165, 1.54) is 0 Å². The van der Waals surface area contributed by atoms with Gasteiger partial charge in [0.25, 0.3) is 0 Å². The SMILES string of the molecule is Cc1cc(C)c(C(=O)O)c(C)c1BO. The number of hydrogen-bond acceptors (Lipinski definition) is 2. The zero-order valence-electron chi connectivity index (χ0n) is 8.59. The van der Waals surface area contributed by atoms with Crippen molar-refractivity contribution in [3.05, 3.63) is 28.3 Å². The Labute approximate surface area is 83.7 Å². The molecule has 0 heterocycles. The second-order valence-corrected chi connectivity index (χ2v) is 3.45. The van der Waals surface area contributed by atoms with Crippen molar-refractivity contribution in [2.24, 2.45) is 0 Å². The van der Waals surface area contributed by atoms with Gasteiger partial charge in [0.05, 0.1) is 5.56 Å². The lowest BCUT2D eigenvalue weighted by Gasteiger charge is -2.12. The van der Waals surface area contributed by atoms with Gasteiger partial charge < -0.3 is 10.1 Å². The summed E-state index contributed by atoms with van der Waals surface area (Å²) in [5.74, 6) is -0.935. The Kier molecular flexibility index (Phi) is 2.96. The molecule has 4 heteroatoms. The minimum Gasteiger partial charge on any atom is -0.478 e. The number of hydrogen-bond donors (Lipinski definition) is 2. The molecule has 74 valence electrons. The van der Waals surface area contributed by atoms with Gasteiger partial charge in [0.1, 0.15) is 0 Å². The van der Waals surface area contributed by atoms with Gasteiger partial charge in [-0.2, -0.15) is 0 Å². The van der Waals surface area contributed by atoms with Crippen LogP contribution < -0.4 is 5.46 Å². The van der Waals surface area contributed by atoms with Crippen molar-refractivity contribution < 1.29 is 14.9 Å². The van der Waals surface area contributed by atoms with E-state index in [0.29, 0.717) is 16.6 Å². The van der Waals surface area contributed by atoms with E-state index >= 15 is 0 Å². The largest absolute Gasteiger partial charge is 0.478 e. The minimum atomic E-state index is -0.935. The van der Waals surface area contributed by atoms with E-state index < -0.39 is 5.97 Å². The Morgan fingerprint density at radius 2 is 1.86 bits per heavy atom. The van der Waals surface area contributed by atoms with Crippen LogP contribution in [-0.2, 0) is 0 Å². The van der Waals surface area contributed by atoms with Gasteiger partial charge >= 0.3 is 13.5 Å². The molecule has 0 saturated heterocycles. The van der Waals surface area contributed by atoms with Crippen LogP contribution in [-0.4, -0.2) is 23.6 Å². The molecule has 1 aromatic carbocycles. The van der Waals surface area contributed by atoms with Gasteiger partial charge in [-0.1, -0.05) is 11.6 Å². The van der Waals surface area contributed by atoms with Crippen molar-refractivity contribution in [2.75, 3.05) is 0 Å². The van der Waals surface area contributed by atoms with E-state index in [0.717, 1.165) is 11.1 Å². The fourth-order valence-corrected chi connectivity index (χ4v) is 1.80. The fourth-order valence-electron chi connectivity index (χ4n) is 1.80. The van der Waals surface area contributed by atoms with Gasteiger partial charge in [0, 0.05) is 0 Å². The topological polar surface area (TPSA) is 57.5 Å². The molecule has 0 amide bonds. The molecule has 0 radical (unpaired) electrons. The summed E-state index contributed by atoms with van der Waals surface area (Å²) >= 11 is 0. The lowest BCUT2D eigenvalue weighted by Crippen LogP contribution is -2.24. The van der Waals surface area contributed by atoms with Crippen molar-refractivity contribution in [1.29, 1.82) is 0 Å². The number of carboxylic acid groups (broad SMARTS) is 1. The summed E-state index contributed by atoms with van der Waals surface area (Å²) in [5.41, 5.74) is 3.36. The smallest absolute Gasteiger partial charge is 0.336 e. The average molecular weight is 192 g/mol. The van der Waals surface area contributed by atoms with E-state index in [9.17, 15) is 4.79 Å². The number of aromatic carboxylic acids is 1. The molecule has 0 unspecified atom stereocenters. The second kappa shape index (κ2) is 3.84. The molecule has 0 atom stereocenters. The maximum atomic E-state index is 10.9. The molecule has 0 bridgehead atoms. The number of carbonyl (C=O) groups is 1. The molecule has 0 aliphatic heterocycles. The van der Waals surface area contributed by atoms with E-state index in [2.05, 4.69) is 0 Å². The van der Waals surface area contributed by atoms with Crippen molar-refractivity contribution in [2.45, 2.75) is 20.8 Å². The van der Waals surface area contributed by atoms with Crippen molar-refractivity contribution >= 4 is 18.9 Å². The molecule has 2 N–H and O–H groups in total. The predicted molar refractivity (Wildman–Crippen MR) is 56.6 cm³/mol. The summed E-state index contributed by atoms with van der Waals surface area (Å²) in [6, 6.07) is 1.79. The highest BCUT2D eigenvalue weighted by atomic mass is 16.4. The Bertz CT molecular complexity index is 385. The summed E-state index contributed by atoms with van der Waals surface area (Å²) in [6.07, 6.45) is 0. The van der Waals surface area contributed by atoms with Crippen molar-refractivity contribution in [3.63, 3.8) is 0 Å². The van der Waals surface area contributed by atoms with E-state index in [4.69, 9.17) is 10.1 Å². The first kappa shape index (κ1) is 10.8. The van der Waals surface area contributed by atoms with Crippen LogP contribution in [0.4, 0.5) is 0 Å². The quantitative estimate of drug-likeness (QED) is 0.661. The van der Waals surface area contributed by atoms with E-state index in [-0.39, 0.29) is 7.48 Å². The van der Waals surface area contributed by atoms with Gasteiger partial charge in [0.15, 0.2) is 0 Å². The molecule has 3 nitrogen and oxygen atoms in total. The molecule has 0 aromatic heterocycles. The van der Waals surface area contributed by atoms with E-state index in [1.54, 1.807) is 19.9 Å². The number of aryl methyl sites for hydroxylation is 2. The minimum absolute atomic E-state index is 0.113. The maximum Gasteiger partial charge on any atom is 0.336 e. The third kappa shape index (κ3) is 1.66. The summed E-state index contributed by atoms with van der Waals surface area (Å²) < 4.78 is 0. The highest BCUT2D eigenvalue weighted by Gasteiger charge is 2.15. The molecular weight excluding hydrogens is 179 g/mol. The normalized spacial score (nSPS) is 10.0. The molecule has 0 spiro atoms. The number of rotatable bonds is 2. The van der Waals surface area contributed by atoms with Crippen LogP contribution in [0.5, 0.6) is 0 Å². The lowest BCUT2D eigenvalue weighted by atomic mass is 9.78. The van der Waals surface area contributed by atoms with Crippen LogP contribution in [0.25, 0.3) is 0 Å². The molecule has 1 aromatic rings. The summed E-state index contributed by atoms with van der Waals surface area (Å²) in [7, 11) is -0.113. The first-order valence-electron chi connectivity index (χ1n) is 4.42. The second-order valence-electron chi connectivity index (χ2n) is 3.45. The number of carboxylic acids is 1. The van der Waals surface area contributed by atoms with Gasteiger partial charge in [-0.15, -0.1) is 0 Å². The van der Waals surface area contributed by atoms with Crippen molar-refractivity contribution in [3.8, 4) is 0 Å². The molecule has 0 saturated carbocycles. The molecule has 0 aliphatic rings. The van der Waals surface area contributed by atoms with Crippen molar-refractivity contribution in [1.82, 2.24) is 0 Å². The zero-order chi connectivity index (χ0) is 10.9. The molecular formula is C10H13BO3. The zero-order valence-corrected chi connectivity index (χ0v) is 8.59. The standard InChI is InChI=1S/C10H13BO3/c1-5-4-6(2)9(11-14)7(3)8(5)10(12)13/h4,11,14H,1-3H3,(H,12,13). The fraction of sp³-hybridized carbons (Fsp3) is 0.300. The number of benzene rings is 1.